The van der Waals surface area contributed by atoms with Crippen molar-refractivity contribution in [1.29, 1.82) is 0 Å². The molecule has 1 aliphatic heterocycles. The van der Waals surface area contributed by atoms with E-state index in [0.29, 0.717) is 11.4 Å². The molecule has 23 heavy (non-hydrogen) atoms. The van der Waals surface area contributed by atoms with Crippen molar-refractivity contribution in [2.75, 3.05) is 9.80 Å². The lowest BCUT2D eigenvalue weighted by Gasteiger charge is -2.35. The van der Waals surface area contributed by atoms with Gasteiger partial charge >= 0.3 is 0 Å². The molecule has 1 heterocycles. The van der Waals surface area contributed by atoms with Crippen LogP contribution in [0, 0.1) is 0 Å². The molecule has 3 rings (SSSR count). The van der Waals surface area contributed by atoms with E-state index in [0.717, 1.165) is 5.56 Å². The fraction of sp³-hybridized carbons (Fsp3) is 0.0556. The predicted octanol–water partition coefficient (Wildman–Crippen LogP) is 3.38. The van der Waals surface area contributed by atoms with Crippen LogP contribution in [0.5, 0.6) is 0 Å². The number of carbonyl (C=O) groups excluding carboxylic acids is 2. The highest BCUT2D eigenvalue weighted by Gasteiger charge is 2.36. The summed E-state index contributed by atoms with van der Waals surface area (Å²) in [7, 11) is 0. The molecule has 1 aliphatic rings. The van der Waals surface area contributed by atoms with E-state index in [4.69, 9.17) is 12.2 Å². The fourth-order valence-electron chi connectivity index (χ4n) is 2.45. The largest absolute Gasteiger partial charge is 0.273 e. The first-order valence-corrected chi connectivity index (χ1v) is 7.50. The Balaban J connectivity index is 1.99. The Morgan fingerprint density at radius 3 is 1.91 bits per heavy atom. The second-order valence-electron chi connectivity index (χ2n) is 5.05. The van der Waals surface area contributed by atoms with Gasteiger partial charge < -0.3 is 0 Å². The highest BCUT2D eigenvalue weighted by molar-refractivity contribution is 7.81. The average Bonchev–Trinajstić information content (AvgIpc) is 2.56. The number of para-hydroxylation sites is 1. The van der Waals surface area contributed by atoms with Crippen molar-refractivity contribution < 1.29 is 9.59 Å². The van der Waals surface area contributed by atoms with Gasteiger partial charge in [-0.1, -0.05) is 43.0 Å². The van der Waals surface area contributed by atoms with Crippen molar-refractivity contribution in [1.82, 2.24) is 0 Å². The molecule has 2 amide bonds. The summed E-state index contributed by atoms with van der Waals surface area (Å²) in [6.45, 7) is 3.71. The van der Waals surface area contributed by atoms with E-state index >= 15 is 0 Å². The van der Waals surface area contributed by atoms with E-state index in [2.05, 4.69) is 6.58 Å². The summed E-state index contributed by atoms with van der Waals surface area (Å²) >= 11 is 5.42. The highest BCUT2D eigenvalue weighted by atomic mass is 32.1. The number of rotatable bonds is 3. The van der Waals surface area contributed by atoms with Crippen molar-refractivity contribution in [3.8, 4) is 0 Å². The molecule has 1 fully saturated rings. The zero-order valence-electron chi connectivity index (χ0n) is 12.3. The Morgan fingerprint density at radius 1 is 0.870 bits per heavy atom. The molecule has 0 radical (unpaired) electrons. The molecule has 0 atom stereocenters. The van der Waals surface area contributed by atoms with Gasteiger partial charge in [-0.15, -0.1) is 0 Å². The Labute approximate surface area is 139 Å². The lowest BCUT2D eigenvalue weighted by Crippen LogP contribution is -2.55. The van der Waals surface area contributed by atoms with Crippen LogP contribution >= 0.6 is 12.2 Å². The number of carbonyl (C=O) groups is 2. The van der Waals surface area contributed by atoms with Gasteiger partial charge in [0.05, 0.1) is 11.4 Å². The maximum absolute atomic E-state index is 12.3. The van der Waals surface area contributed by atoms with Crippen LogP contribution in [0.25, 0.3) is 6.08 Å². The van der Waals surface area contributed by atoms with Crippen LogP contribution in [0.1, 0.15) is 12.0 Å². The zero-order valence-corrected chi connectivity index (χ0v) is 13.1. The third kappa shape index (κ3) is 2.78. The van der Waals surface area contributed by atoms with Gasteiger partial charge in [-0.3, -0.25) is 19.4 Å². The van der Waals surface area contributed by atoms with Crippen LogP contribution in [0.2, 0.25) is 0 Å². The smallest absolute Gasteiger partial charge is 0.242 e. The minimum absolute atomic E-state index is 0.170. The molecule has 1 saturated heterocycles. The minimum Gasteiger partial charge on any atom is -0.273 e. The minimum atomic E-state index is -0.321. The van der Waals surface area contributed by atoms with E-state index in [-0.39, 0.29) is 23.3 Å². The number of nitrogens with zero attached hydrogens (tertiary/aromatic N) is 2. The molecule has 0 spiro atoms. The Morgan fingerprint density at radius 2 is 1.39 bits per heavy atom. The summed E-state index contributed by atoms with van der Waals surface area (Å²) in [5.41, 5.74) is 2.24. The first-order chi connectivity index (χ1) is 11.1. The predicted molar refractivity (Wildman–Crippen MR) is 95.2 cm³/mol. The molecule has 4 nitrogen and oxygen atoms in total. The number of thiocarbonyl (C=S) groups is 1. The monoisotopic (exact) mass is 322 g/mol. The second-order valence-corrected chi connectivity index (χ2v) is 5.41. The first kappa shape index (κ1) is 15.1. The molecular formula is C18H14N2O2S. The molecule has 0 unspecified atom stereocenters. The molecule has 0 saturated carbocycles. The summed E-state index contributed by atoms with van der Waals surface area (Å²) in [5.74, 6) is -0.635. The number of hydrogen-bond acceptors (Lipinski definition) is 3. The standard InChI is InChI=1S/C18H14N2O2S/c1-2-13-8-10-15(11-9-13)20-17(22)12-16(21)19(18(20)23)14-6-4-3-5-7-14/h2-11H,1,12H2. The second kappa shape index (κ2) is 6.14. The number of benzene rings is 2. The van der Waals surface area contributed by atoms with Crippen LogP contribution in [-0.2, 0) is 9.59 Å². The molecule has 0 N–H and O–H groups in total. The van der Waals surface area contributed by atoms with E-state index in [1.165, 1.54) is 9.80 Å². The van der Waals surface area contributed by atoms with Gasteiger partial charge in [0.2, 0.25) is 11.8 Å². The van der Waals surface area contributed by atoms with Crippen molar-refractivity contribution in [2.45, 2.75) is 6.42 Å². The molecule has 5 heteroatoms. The lowest BCUT2D eigenvalue weighted by molar-refractivity contribution is -0.126. The number of amides is 2. The third-order valence-electron chi connectivity index (χ3n) is 3.59. The van der Waals surface area contributed by atoms with E-state index in [1.807, 2.05) is 30.3 Å². The average molecular weight is 322 g/mol. The first-order valence-electron chi connectivity index (χ1n) is 7.09. The Bertz CT molecular complexity index is 784. The lowest BCUT2D eigenvalue weighted by atomic mass is 10.1. The van der Waals surface area contributed by atoms with Gasteiger partial charge in [-0.2, -0.15) is 0 Å². The molecule has 0 aliphatic carbocycles. The number of anilines is 2. The van der Waals surface area contributed by atoms with Crippen molar-refractivity contribution >= 4 is 46.6 Å². The quantitative estimate of drug-likeness (QED) is 0.642. The SMILES string of the molecule is C=Cc1ccc(N2C(=O)CC(=O)N(c3ccccc3)C2=S)cc1. The van der Waals surface area contributed by atoms with E-state index in [9.17, 15) is 9.59 Å². The van der Waals surface area contributed by atoms with Gasteiger partial charge in [0.15, 0.2) is 5.11 Å². The summed E-state index contributed by atoms with van der Waals surface area (Å²) in [6.07, 6.45) is 1.51. The third-order valence-corrected chi connectivity index (χ3v) is 3.95. The summed E-state index contributed by atoms with van der Waals surface area (Å²) in [6, 6.07) is 16.4. The molecule has 0 aromatic heterocycles. The van der Waals surface area contributed by atoms with Gasteiger partial charge in [0.1, 0.15) is 6.42 Å². The van der Waals surface area contributed by atoms with Crippen LogP contribution in [0.3, 0.4) is 0 Å². The maximum atomic E-state index is 12.3. The maximum Gasteiger partial charge on any atom is 0.242 e. The van der Waals surface area contributed by atoms with Crippen LogP contribution in [0.4, 0.5) is 11.4 Å². The van der Waals surface area contributed by atoms with Gasteiger partial charge in [-0.25, -0.2) is 0 Å². The van der Waals surface area contributed by atoms with E-state index in [1.54, 1.807) is 30.3 Å². The molecule has 114 valence electrons. The highest BCUT2D eigenvalue weighted by Crippen LogP contribution is 2.26. The topological polar surface area (TPSA) is 40.6 Å². The molecule has 0 bridgehead atoms. The zero-order chi connectivity index (χ0) is 16.4. The number of hydrogen-bond donors (Lipinski definition) is 0. The summed E-state index contributed by atoms with van der Waals surface area (Å²) in [4.78, 5) is 27.4. The Kier molecular flexibility index (Phi) is 4.04. The van der Waals surface area contributed by atoms with Gasteiger partial charge in [0, 0.05) is 0 Å². The summed E-state index contributed by atoms with van der Waals surface area (Å²) < 4.78 is 0. The van der Waals surface area contributed by atoms with Crippen molar-refractivity contribution in [2.24, 2.45) is 0 Å². The summed E-state index contributed by atoms with van der Waals surface area (Å²) in [5, 5.41) is 0.170. The normalized spacial score (nSPS) is 15.0. The molecule has 2 aromatic rings. The van der Waals surface area contributed by atoms with Gasteiger partial charge in [-0.05, 0) is 42.0 Å². The Hall–Kier alpha value is -2.79. The molecule has 2 aromatic carbocycles. The fourth-order valence-corrected chi connectivity index (χ4v) is 2.86. The van der Waals surface area contributed by atoms with Crippen molar-refractivity contribution in [3.63, 3.8) is 0 Å². The van der Waals surface area contributed by atoms with Crippen LogP contribution in [0.15, 0.2) is 61.2 Å². The van der Waals surface area contributed by atoms with Crippen LogP contribution < -0.4 is 9.80 Å². The van der Waals surface area contributed by atoms with Crippen LogP contribution in [-0.4, -0.2) is 16.9 Å². The van der Waals surface area contributed by atoms with E-state index < -0.39 is 0 Å². The van der Waals surface area contributed by atoms with Crippen molar-refractivity contribution in [3.05, 3.63) is 66.7 Å². The van der Waals surface area contributed by atoms with Gasteiger partial charge in [0.25, 0.3) is 0 Å². The molecular weight excluding hydrogens is 308 g/mol.